The van der Waals surface area contributed by atoms with Crippen LogP contribution in [0.1, 0.15) is 44.2 Å². The Morgan fingerprint density at radius 2 is 2.53 bits per heavy atom. The van der Waals surface area contributed by atoms with Gasteiger partial charge in [0, 0.05) is 12.6 Å². The van der Waals surface area contributed by atoms with Gasteiger partial charge in [0.2, 0.25) is 0 Å². The summed E-state index contributed by atoms with van der Waals surface area (Å²) in [6, 6.07) is 2.83. The maximum Gasteiger partial charge on any atom is 0.108 e. The Morgan fingerprint density at radius 1 is 1.71 bits per heavy atom. The fraction of sp³-hybridized carbons (Fsp3) is 0.692. The second-order valence-electron chi connectivity index (χ2n) is 4.97. The van der Waals surface area contributed by atoms with Gasteiger partial charge in [-0.1, -0.05) is 6.92 Å². The average Bonchev–Trinajstić information content (AvgIpc) is 2.77. The first-order valence-electron chi connectivity index (χ1n) is 6.36. The van der Waals surface area contributed by atoms with Crippen LogP contribution in [0.15, 0.2) is 12.4 Å². The van der Waals surface area contributed by atoms with Crippen LogP contribution in [-0.4, -0.2) is 21.9 Å². The molecule has 4 nitrogen and oxygen atoms in total. The van der Waals surface area contributed by atoms with Crippen LogP contribution in [0.4, 0.5) is 0 Å². The highest BCUT2D eigenvalue weighted by Gasteiger charge is 2.36. The molecule has 1 N–H and O–H groups in total. The number of nitriles is 1. The highest BCUT2D eigenvalue weighted by Crippen LogP contribution is 2.34. The van der Waals surface area contributed by atoms with Crippen molar-refractivity contribution >= 4 is 0 Å². The molecule has 4 heteroatoms. The van der Waals surface area contributed by atoms with Gasteiger partial charge >= 0.3 is 0 Å². The van der Waals surface area contributed by atoms with Gasteiger partial charge in [-0.15, -0.1) is 0 Å². The maximum atomic E-state index is 9.40. The molecule has 2 atom stereocenters. The summed E-state index contributed by atoms with van der Waals surface area (Å²) in [6.45, 7) is 4.95. The largest absolute Gasteiger partial charge is 0.300 e. The first-order valence-corrected chi connectivity index (χ1v) is 6.36. The monoisotopic (exact) mass is 232 g/mol. The molecule has 1 aliphatic carbocycles. The molecule has 0 spiro atoms. The molecule has 1 aliphatic rings. The number of aryl methyl sites for hydroxylation is 1. The van der Waals surface area contributed by atoms with Gasteiger partial charge in [0.05, 0.1) is 18.3 Å². The molecular weight excluding hydrogens is 212 g/mol. The van der Waals surface area contributed by atoms with Gasteiger partial charge in [0.1, 0.15) is 5.54 Å². The molecule has 1 heterocycles. The lowest BCUT2D eigenvalue weighted by Gasteiger charge is -2.36. The minimum Gasteiger partial charge on any atom is -0.300 e. The summed E-state index contributed by atoms with van der Waals surface area (Å²) in [5.74, 6) is 0. The Bertz CT molecular complexity index is 413. The lowest BCUT2D eigenvalue weighted by molar-refractivity contribution is 0.223. The number of hydrogen-bond donors (Lipinski definition) is 1. The quantitative estimate of drug-likeness (QED) is 0.869. The molecule has 0 saturated heterocycles. The highest BCUT2D eigenvalue weighted by atomic mass is 15.3. The van der Waals surface area contributed by atoms with Gasteiger partial charge in [-0.05, 0) is 38.3 Å². The van der Waals surface area contributed by atoms with Crippen molar-refractivity contribution in [2.24, 2.45) is 0 Å². The molecule has 0 bridgehead atoms. The fourth-order valence-corrected chi connectivity index (χ4v) is 2.74. The van der Waals surface area contributed by atoms with Crippen LogP contribution in [0.3, 0.4) is 0 Å². The highest BCUT2D eigenvalue weighted by molar-refractivity contribution is 5.11. The Balaban J connectivity index is 2.14. The van der Waals surface area contributed by atoms with Gasteiger partial charge in [-0.2, -0.15) is 10.4 Å². The van der Waals surface area contributed by atoms with E-state index in [9.17, 15) is 5.26 Å². The molecule has 1 aromatic heterocycles. The van der Waals surface area contributed by atoms with E-state index in [2.05, 4.69) is 29.6 Å². The number of rotatable bonds is 3. The number of nitrogens with zero attached hydrogens (tertiary/aromatic N) is 3. The minimum absolute atomic E-state index is 0.350. The Hall–Kier alpha value is -1.34. The first kappa shape index (κ1) is 12.1. The van der Waals surface area contributed by atoms with E-state index in [1.807, 2.05) is 17.8 Å². The standard InChI is InChI=1S/C13H20N4/c1-3-15-13(10-14)6-4-5-12(7-13)17-9-11(2)8-16-17/h8-9,12,15H,3-7H2,1-2H3. The van der Waals surface area contributed by atoms with E-state index < -0.39 is 0 Å². The topological polar surface area (TPSA) is 53.6 Å². The van der Waals surface area contributed by atoms with Crippen LogP contribution in [0.5, 0.6) is 0 Å². The van der Waals surface area contributed by atoms with Crippen molar-refractivity contribution in [3.63, 3.8) is 0 Å². The third-order valence-corrected chi connectivity index (χ3v) is 3.56. The summed E-state index contributed by atoms with van der Waals surface area (Å²) < 4.78 is 2.03. The molecule has 92 valence electrons. The molecule has 2 unspecified atom stereocenters. The van der Waals surface area contributed by atoms with Crippen molar-refractivity contribution in [2.45, 2.75) is 51.1 Å². The van der Waals surface area contributed by atoms with Crippen LogP contribution >= 0.6 is 0 Å². The molecule has 1 fully saturated rings. The smallest absolute Gasteiger partial charge is 0.108 e. The van der Waals surface area contributed by atoms with Crippen molar-refractivity contribution in [1.82, 2.24) is 15.1 Å². The van der Waals surface area contributed by atoms with Crippen LogP contribution in [-0.2, 0) is 0 Å². The molecule has 2 rings (SSSR count). The summed E-state index contributed by atoms with van der Waals surface area (Å²) in [6.07, 6.45) is 7.98. The summed E-state index contributed by atoms with van der Waals surface area (Å²) in [4.78, 5) is 0. The third-order valence-electron chi connectivity index (χ3n) is 3.56. The Kier molecular flexibility index (Phi) is 3.49. The van der Waals surface area contributed by atoms with Crippen molar-refractivity contribution in [1.29, 1.82) is 5.26 Å². The molecule has 0 amide bonds. The Labute approximate surface area is 103 Å². The maximum absolute atomic E-state index is 9.40. The van der Waals surface area contributed by atoms with E-state index in [0.717, 1.165) is 32.2 Å². The predicted octanol–water partition coefficient (Wildman–Crippen LogP) is 2.18. The van der Waals surface area contributed by atoms with Gasteiger partial charge in [0.15, 0.2) is 0 Å². The SMILES string of the molecule is CCNC1(C#N)CCCC(n2cc(C)cn2)C1. The van der Waals surface area contributed by atoms with Gasteiger partial charge in [-0.25, -0.2) is 0 Å². The van der Waals surface area contributed by atoms with E-state index in [0.29, 0.717) is 6.04 Å². The van der Waals surface area contributed by atoms with Gasteiger partial charge < -0.3 is 0 Å². The van der Waals surface area contributed by atoms with E-state index in [1.165, 1.54) is 5.56 Å². The van der Waals surface area contributed by atoms with Crippen molar-refractivity contribution in [3.05, 3.63) is 18.0 Å². The van der Waals surface area contributed by atoms with E-state index in [4.69, 9.17) is 0 Å². The van der Waals surface area contributed by atoms with Gasteiger partial charge in [-0.3, -0.25) is 10.00 Å². The van der Waals surface area contributed by atoms with E-state index >= 15 is 0 Å². The molecule has 17 heavy (non-hydrogen) atoms. The van der Waals surface area contributed by atoms with Crippen LogP contribution in [0.25, 0.3) is 0 Å². The average molecular weight is 232 g/mol. The number of aromatic nitrogens is 2. The summed E-state index contributed by atoms with van der Waals surface area (Å²) in [5, 5.41) is 17.1. The zero-order valence-corrected chi connectivity index (χ0v) is 10.6. The fourth-order valence-electron chi connectivity index (χ4n) is 2.74. The summed E-state index contributed by atoms with van der Waals surface area (Å²) in [5.41, 5.74) is 0.832. The van der Waals surface area contributed by atoms with E-state index in [-0.39, 0.29) is 5.54 Å². The second kappa shape index (κ2) is 4.89. The lowest BCUT2D eigenvalue weighted by atomic mass is 9.80. The Morgan fingerprint density at radius 3 is 3.12 bits per heavy atom. The van der Waals surface area contributed by atoms with Crippen LogP contribution < -0.4 is 5.32 Å². The zero-order chi connectivity index (χ0) is 12.3. The second-order valence-corrected chi connectivity index (χ2v) is 4.97. The molecular formula is C13H20N4. The number of nitrogens with one attached hydrogen (secondary N) is 1. The summed E-state index contributed by atoms with van der Waals surface area (Å²) >= 11 is 0. The predicted molar refractivity (Wildman–Crippen MR) is 66.5 cm³/mol. The first-order chi connectivity index (χ1) is 8.19. The third kappa shape index (κ3) is 2.50. The van der Waals surface area contributed by atoms with Crippen LogP contribution in [0, 0.1) is 18.3 Å². The van der Waals surface area contributed by atoms with Crippen molar-refractivity contribution in [3.8, 4) is 6.07 Å². The lowest BCUT2D eigenvalue weighted by Crippen LogP contribution is -2.47. The molecule has 0 aliphatic heterocycles. The van der Waals surface area contributed by atoms with E-state index in [1.54, 1.807) is 0 Å². The van der Waals surface area contributed by atoms with Crippen molar-refractivity contribution < 1.29 is 0 Å². The van der Waals surface area contributed by atoms with Gasteiger partial charge in [0.25, 0.3) is 0 Å². The number of hydrogen-bond acceptors (Lipinski definition) is 3. The van der Waals surface area contributed by atoms with Crippen molar-refractivity contribution in [2.75, 3.05) is 6.54 Å². The molecule has 0 aromatic carbocycles. The normalized spacial score (nSPS) is 28.9. The summed E-state index contributed by atoms with van der Waals surface area (Å²) in [7, 11) is 0. The zero-order valence-electron chi connectivity index (χ0n) is 10.6. The molecule has 1 aromatic rings. The van der Waals surface area contributed by atoms with Crippen LogP contribution in [0.2, 0.25) is 0 Å². The minimum atomic E-state index is -0.350. The molecule has 1 saturated carbocycles. The molecule has 0 radical (unpaired) electrons.